The van der Waals surface area contributed by atoms with Crippen molar-refractivity contribution >= 4 is 35.7 Å². The Morgan fingerprint density at radius 2 is 1.75 bits per heavy atom. The fourth-order valence-electron chi connectivity index (χ4n) is 7.55. The van der Waals surface area contributed by atoms with Gasteiger partial charge in [-0.2, -0.15) is 5.10 Å². The quantitative estimate of drug-likeness (QED) is 0.0503. The number of carbonyl (C=O) groups is 3. The van der Waals surface area contributed by atoms with Crippen LogP contribution in [0.2, 0.25) is 0 Å². The number of hydrogen-bond donors (Lipinski definition) is 6. The summed E-state index contributed by atoms with van der Waals surface area (Å²) >= 11 is 0. The molecule has 0 bridgehead atoms. The second-order valence-corrected chi connectivity index (χ2v) is 15.3. The molecule has 16 heteroatoms. The average Bonchev–Trinajstić information content (AvgIpc) is 4.19. The summed E-state index contributed by atoms with van der Waals surface area (Å²) in [5.74, 6) is 0.542. The van der Waals surface area contributed by atoms with Crippen molar-refractivity contribution in [1.29, 1.82) is 0 Å². The number of carbonyl (C=O) groups excluding carboxylic acids is 3. The van der Waals surface area contributed by atoms with Crippen molar-refractivity contribution in [1.82, 2.24) is 29.9 Å². The van der Waals surface area contributed by atoms with Crippen molar-refractivity contribution in [2.75, 3.05) is 58.1 Å². The molecule has 3 aliphatic heterocycles. The lowest BCUT2D eigenvalue weighted by atomic mass is 9.91. The highest BCUT2D eigenvalue weighted by atomic mass is 16.2. The molecule has 59 heavy (non-hydrogen) atoms. The third-order valence-electron chi connectivity index (χ3n) is 11.2. The summed E-state index contributed by atoms with van der Waals surface area (Å²) in [5, 5.41) is 28.1. The van der Waals surface area contributed by atoms with Gasteiger partial charge in [-0.05, 0) is 70.2 Å². The molecule has 2 atom stereocenters. The van der Waals surface area contributed by atoms with Crippen molar-refractivity contribution in [2.24, 2.45) is 22.4 Å². The molecule has 8 rings (SSSR count). The number of nitrogens with two attached hydrogens (primary N) is 2. The minimum Gasteiger partial charge on any atom is -0.513 e. The Morgan fingerprint density at radius 3 is 2.32 bits per heavy atom. The molecule has 4 fully saturated rings. The molecule has 0 spiro atoms. The molecule has 2 aromatic heterocycles. The van der Waals surface area contributed by atoms with Gasteiger partial charge in [-0.25, -0.2) is 4.98 Å². The molecule has 2 saturated carbocycles. The topological polar surface area (TPSA) is 221 Å². The van der Waals surface area contributed by atoms with Crippen LogP contribution >= 0.6 is 0 Å². The Bertz CT molecular complexity index is 2000. The SMILES string of the molecule is CCC1c2c(cnn2C2CN(Cc3cccc(C(=O)N4CCCC4C=O)n3)C2)-c2cccc(NC(=C/C(N)=NC)/C(N)=C\O)c2N1C.CNC1CC1.CO.O=CC1CC1. The van der Waals surface area contributed by atoms with Crippen LogP contribution < -0.4 is 27.0 Å². The molecule has 5 heterocycles. The summed E-state index contributed by atoms with van der Waals surface area (Å²) in [6, 6.07) is 12.4. The minimum absolute atomic E-state index is 0.0718. The van der Waals surface area contributed by atoms with Crippen LogP contribution in [-0.2, 0) is 16.1 Å². The highest BCUT2D eigenvalue weighted by molar-refractivity contribution is 5.96. The van der Waals surface area contributed by atoms with Crippen LogP contribution in [0.4, 0.5) is 11.4 Å². The smallest absolute Gasteiger partial charge is 0.273 e. The van der Waals surface area contributed by atoms with Gasteiger partial charge in [0.2, 0.25) is 0 Å². The number of amides is 1. The number of amidine groups is 1. The van der Waals surface area contributed by atoms with Crippen molar-refractivity contribution in [2.45, 2.75) is 82.6 Å². The predicted molar refractivity (Wildman–Crippen MR) is 231 cm³/mol. The first-order valence-corrected chi connectivity index (χ1v) is 20.4. The molecule has 1 amide bonds. The number of pyridine rings is 1. The molecule has 16 nitrogen and oxygen atoms in total. The Kier molecular flexibility index (Phi) is 15.8. The van der Waals surface area contributed by atoms with Crippen LogP contribution in [-0.4, -0.2) is 119 Å². The van der Waals surface area contributed by atoms with Crippen molar-refractivity contribution < 1.29 is 24.6 Å². The van der Waals surface area contributed by atoms with Gasteiger partial charge in [0, 0.05) is 76.5 Å². The van der Waals surface area contributed by atoms with E-state index in [4.69, 9.17) is 21.7 Å². The zero-order valence-corrected chi connectivity index (χ0v) is 34.9. The van der Waals surface area contributed by atoms with Gasteiger partial charge in [0.15, 0.2) is 0 Å². The lowest BCUT2D eigenvalue weighted by Gasteiger charge is -2.43. The molecule has 2 unspecified atom stereocenters. The fourth-order valence-corrected chi connectivity index (χ4v) is 7.55. The number of nitrogens with one attached hydrogen (secondary N) is 2. The van der Waals surface area contributed by atoms with E-state index >= 15 is 0 Å². The van der Waals surface area contributed by atoms with E-state index in [-0.39, 0.29) is 35.6 Å². The highest BCUT2D eigenvalue weighted by Gasteiger charge is 2.38. The van der Waals surface area contributed by atoms with Crippen LogP contribution in [0.15, 0.2) is 71.3 Å². The molecule has 3 aromatic rings. The Labute approximate surface area is 347 Å². The minimum atomic E-state index is -0.360. The van der Waals surface area contributed by atoms with E-state index in [2.05, 4.69) is 55.1 Å². The summed E-state index contributed by atoms with van der Waals surface area (Å²) in [5.41, 5.74) is 19.0. The largest absolute Gasteiger partial charge is 0.513 e. The number of rotatable bonds is 12. The molecule has 0 radical (unpaired) electrons. The van der Waals surface area contributed by atoms with Crippen LogP contribution in [0.1, 0.15) is 85.8 Å². The first-order chi connectivity index (χ1) is 28.6. The molecule has 5 aliphatic rings. The number of anilines is 2. The maximum Gasteiger partial charge on any atom is 0.273 e. The van der Waals surface area contributed by atoms with E-state index < -0.39 is 0 Å². The summed E-state index contributed by atoms with van der Waals surface area (Å²) in [7, 11) is 6.68. The fraction of sp³-hybridized carbons (Fsp3) is 0.488. The van der Waals surface area contributed by atoms with Gasteiger partial charge in [0.05, 0.1) is 58.5 Å². The summed E-state index contributed by atoms with van der Waals surface area (Å²) in [4.78, 5) is 48.9. The third kappa shape index (κ3) is 10.7. The maximum absolute atomic E-state index is 13.1. The number of likely N-dealkylation sites (tertiary alicyclic amines) is 2. The molecular weight excluding hydrogens is 751 g/mol. The van der Waals surface area contributed by atoms with Crippen molar-refractivity contribution in [3.63, 3.8) is 0 Å². The average molecular weight is 812 g/mol. The lowest BCUT2D eigenvalue weighted by molar-refractivity contribution is -0.111. The number of hydrogen-bond acceptors (Lipinski definition) is 13. The van der Waals surface area contributed by atoms with Gasteiger partial charge in [-0.1, -0.05) is 25.1 Å². The van der Waals surface area contributed by atoms with Crippen LogP contribution in [0.3, 0.4) is 0 Å². The zero-order valence-electron chi connectivity index (χ0n) is 34.9. The molecule has 2 aliphatic carbocycles. The van der Waals surface area contributed by atoms with Crippen LogP contribution in [0.5, 0.6) is 0 Å². The highest BCUT2D eigenvalue weighted by Crippen LogP contribution is 2.49. The number of aromatic nitrogens is 3. The number of aldehydes is 2. The van der Waals surface area contributed by atoms with Gasteiger partial charge in [0.1, 0.15) is 30.4 Å². The first kappa shape index (κ1) is 44.5. The first-order valence-electron chi connectivity index (χ1n) is 20.4. The van der Waals surface area contributed by atoms with Crippen LogP contribution in [0.25, 0.3) is 11.1 Å². The second kappa shape index (κ2) is 20.9. The number of para-hydroxylation sites is 1. The number of benzene rings is 1. The van der Waals surface area contributed by atoms with Crippen molar-refractivity contribution in [3.8, 4) is 11.1 Å². The predicted octanol–water partition coefficient (Wildman–Crippen LogP) is 3.92. The normalized spacial score (nSPS) is 20.3. The van der Waals surface area contributed by atoms with E-state index in [9.17, 15) is 19.5 Å². The van der Waals surface area contributed by atoms with E-state index in [1.807, 2.05) is 37.5 Å². The molecule has 1 aromatic carbocycles. The van der Waals surface area contributed by atoms with Gasteiger partial charge in [-0.15, -0.1) is 0 Å². The van der Waals surface area contributed by atoms with Crippen molar-refractivity contribution in [3.05, 3.63) is 83.4 Å². The summed E-state index contributed by atoms with van der Waals surface area (Å²) in [6.07, 6.45) is 13.8. The van der Waals surface area contributed by atoms with Gasteiger partial charge in [-0.3, -0.25) is 19.4 Å². The molecule has 318 valence electrons. The molecule has 2 saturated heterocycles. The third-order valence-corrected chi connectivity index (χ3v) is 11.2. The maximum atomic E-state index is 13.1. The number of nitrogens with zero attached hydrogens (tertiary/aromatic N) is 7. The molecular formula is C43H61N11O5. The van der Waals surface area contributed by atoms with Crippen LogP contribution in [0, 0.1) is 5.92 Å². The van der Waals surface area contributed by atoms with E-state index in [0.717, 1.165) is 99.0 Å². The summed E-state index contributed by atoms with van der Waals surface area (Å²) < 4.78 is 2.18. The number of aliphatic hydroxyl groups is 2. The summed E-state index contributed by atoms with van der Waals surface area (Å²) in [6.45, 7) is 5.00. The van der Waals surface area contributed by atoms with E-state index in [1.165, 1.54) is 18.5 Å². The second-order valence-electron chi connectivity index (χ2n) is 15.3. The standard InChI is InChI=1S/C34H42N10O3.C4H9N.C4H6O.CH4O/c1-4-30-33-25(24-10-6-11-27(32(24)41(30)3)40-29(26(35)20-46)14-31(36)37-2)15-38-44(33)23-17-42(18-23)16-21-8-5-12-28(39-21)34(47)43-13-7-9-22(43)19-45;1-5-4-2-3-4;5-3-4-1-2-4;1-2/h5-6,8,10-12,14-15,19-20,22-23,30,40,46H,4,7,9,13,16-18,35H2,1-3H3,(H2,36,37);4-5H,2-3H2,1H3;3-4H,1-2H2;2H,1H3/b26-20+,29-14+;;;. The van der Waals surface area contributed by atoms with Gasteiger partial charge < -0.3 is 51.7 Å². The number of aliphatic hydroxyl groups excluding tert-OH is 2. The lowest BCUT2D eigenvalue weighted by Crippen LogP contribution is -2.48. The Balaban J connectivity index is 0.000000476. The Morgan fingerprint density at radius 1 is 1.02 bits per heavy atom. The zero-order chi connectivity index (χ0) is 42.6. The van der Waals surface area contributed by atoms with Gasteiger partial charge in [0.25, 0.3) is 5.91 Å². The van der Waals surface area contributed by atoms with Gasteiger partial charge >= 0.3 is 0 Å². The van der Waals surface area contributed by atoms with E-state index in [0.29, 0.717) is 36.8 Å². The number of aliphatic imine (C=N–C) groups is 1. The molecule has 8 N–H and O–H groups in total. The monoisotopic (exact) mass is 811 g/mol. The Hall–Kier alpha value is -5.58. The number of fused-ring (bicyclic) bond motifs is 3. The van der Waals surface area contributed by atoms with E-state index in [1.54, 1.807) is 24.1 Å².